The number of hydrogen-bond acceptors (Lipinski definition) is 3. The number of aryl methyl sites for hydroxylation is 1. The molecule has 0 bridgehead atoms. The van der Waals surface area contributed by atoms with Crippen molar-refractivity contribution >= 4 is 18.5 Å². The van der Waals surface area contributed by atoms with Crippen molar-refractivity contribution in [2.24, 2.45) is 0 Å². The molecule has 1 aromatic heterocycles. The van der Waals surface area contributed by atoms with E-state index in [0.717, 1.165) is 16.2 Å². The summed E-state index contributed by atoms with van der Waals surface area (Å²) in [6.45, 7) is 2.42. The third-order valence-electron chi connectivity index (χ3n) is 2.92. The molecule has 0 fully saturated rings. The monoisotopic (exact) mass is 272 g/mol. The Morgan fingerprint density at radius 3 is 2.79 bits per heavy atom. The molecule has 19 heavy (non-hydrogen) atoms. The third-order valence-corrected chi connectivity index (χ3v) is 3.20. The van der Waals surface area contributed by atoms with Crippen molar-refractivity contribution in [2.45, 2.75) is 18.4 Å². The zero-order valence-corrected chi connectivity index (χ0v) is 11.9. The first-order chi connectivity index (χ1) is 9.08. The average molecular weight is 272 g/mol. The predicted octanol–water partition coefficient (Wildman–Crippen LogP) is 2.95. The maximum absolute atomic E-state index is 12.4. The largest absolute Gasteiger partial charge is 0.336 e. The van der Waals surface area contributed by atoms with Gasteiger partial charge in [0.05, 0.1) is 12.2 Å². The average Bonchev–Trinajstić information content (AvgIpc) is 2.42. The van der Waals surface area contributed by atoms with Gasteiger partial charge in [-0.25, -0.2) is 0 Å². The Bertz CT molecular complexity index is 584. The Kier molecular flexibility index (Phi) is 4.22. The van der Waals surface area contributed by atoms with E-state index in [1.807, 2.05) is 37.3 Å². The van der Waals surface area contributed by atoms with Crippen molar-refractivity contribution in [3.8, 4) is 0 Å². The lowest BCUT2D eigenvalue weighted by Crippen LogP contribution is -2.27. The van der Waals surface area contributed by atoms with E-state index in [2.05, 4.69) is 17.6 Å². The lowest BCUT2D eigenvalue weighted by molar-refractivity contribution is 0.0782. The summed E-state index contributed by atoms with van der Waals surface area (Å²) in [6.07, 6.45) is 1.73. The molecule has 98 valence electrons. The second-order valence-electron chi connectivity index (χ2n) is 4.48. The highest BCUT2D eigenvalue weighted by molar-refractivity contribution is 7.80. The van der Waals surface area contributed by atoms with Crippen molar-refractivity contribution < 1.29 is 4.79 Å². The smallest absolute Gasteiger partial charge is 0.254 e. The Hall–Kier alpha value is -1.81. The number of hydrogen-bond donors (Lipinski definition) is 1. The second-order valence-corrected chi connectivity index (χ2v) is 5.00. The zero-order chi connectivity index (χ0) is 13.8. The fourth-order valence-electron chi connectivity index (χ4n) is 1.85. The van der Waals surface area contributed by atoms with E-state index in [9.17, 15) is 4.79 Å². The maximum Gasteiger partial charge on any atom is 0.254 e. The van der Waals surface area contributed by atoms with Gasteiger partial charge in [-0.05, 0) is 36.8 Å². The van der Waals surface area contributed by atoms with E-state index in [1.54, 1.807) is 24.2 Å². The summed E-state index contributed by atoms with van der Waals surface area (Å²) in [7, 11) is 1.78. The third kappa shape index (κ3) is 3.35. The van der Waals surface area contributed by atoms with E-state index in [0.29, 0.717) is 12.1 Å². The number of rotatable bonds is 3. The van der Waals surface area contributed by atoms with E-state index < -0.39 is 0 Å². The fourth-order valence-corrected chi connectivity index (χ4v) is 2.06. The summed E-state index contributed by atoms with van der Waals surface area (Å²) < 4.78 is 0. The molecule has 0 saturated heterocycles. The number of aromatic nitrogens is 1. The second kappa shape index (κ2) is 5.89. The number of thiol groups is 1. The topological polar surface area (TPSA) is 33.2 Å². The van der Waals surface area contributed by atoms with Gasteiger partial charge >= 0.3 is 0 Å². The molecule has 0 unspecified atom stereocenters. The summed E-state index contributed by atoms with van der Waals surface area (Å²) in [5.41, 5.74) is 2.51. The summed E-state index contributed by atoms with van der Waals surface area (Å²) in [4.78, 5) is 19.1. The van der Waals surface area contributed by atoms with Crippen LogP contribution < -0.4 is 0 Å². The summed E-state index contributed by atoms with van der Waals surface area (Å²) in [5.74, 6) is -0.0148. The zero-order valence-electron chi connectivity index (χ0n) is 11.0. The van der Waals surface area contributed by atoms with Crippen LogP contribution in [0.5, 0.6) is 0 Å². The molecule has 2 aromatic rings. The highest BCUT2D eigenvalue weighted by atomic mass is 32.1. The maximum atomic E-state index is 12.4. The van der Waals surface area contributed by atoms with Gasteiger partial charge < -0.3 is 4.90 Å². The van der Waals surface area contributed by atoms with E-state index >= 15 is 0 Å². The van der Waals surface area contributed by atoms with Crippen LogP contribution in [0.15, 0.2) is 47.5 Å². The summed E-state index contributed by atoms with van der Waals surface area (Å²) in [5, 5.41) is 0. The van der Waals surface area contributed by atoms with E-state index in [-0.39, 0.29) is 5.91 Å². The molecule has 1 aromatic carbocycles. The van der Waals surface area contributed by atoms with Gasteiger partial charge in [0, 0.05) is 23.7 Å². The fraction of sp³-hybridized carbons (Fsp3) is 0.200. The van der Waals surface area contributed by atoms with Crippen LogP contribution in [0.3, 0.4) is 0 Å². The van der Waals surface area contributed by atoms with Gasteiger partial charge in [0.25, 0.3) is 5.91 Å². The molecule has 0 radical (unpaired) electrons. The lowest BCUT2D eigenvalue weighted by atomic mass is 10.1. The quantitative estimate of drug-likeness (QED) is 0.871. The van der Waals surface area contributed by atoms with E-state index in [1.165, 1.54) is 0 Å². The first-order valence-electron chi connectivity index (χ1n) is 6.03. The first kappa shape index (κ1) is 13.6. The van der Waals surface area contributed by atoms with Crippen molar-refractivity contribution in [3.63, 3.8) is 0 Å². The molecule has 0 aliphatic heterocycles. The number of amides is 1. The minimum atomic E-state index is -0.0148. The predicted molar refractivity (Wildman–Crippen MR) is 78.5 cm³/mol. The minimum absolute atomic E-state index is 0.0148. The molecule has 0 atom stereocenters. The molecule has 0 saturated carbocycles. The van der Waals surface area contributed by atoms with Crippen LogP contribution in [0.2, 0.25) is 0 Å². The molecule has 0 spiro atoms. The Morgan fingerprint density at radius 2 is 2.11 bits per heavy atom. The SMILES string of the molecule is Cc1ccc(S)cc1C(=O)N(C)Cc1ccccn1. The van der Waals surface area contributed by atoms with Crippen molar-refractivity contribution in [1.29, 1.82) is 0 Å². The van der Waals surface area contributed by atoms with Crippen LogP contribution in [-0.4, -0.2) is 22.8 Å². The summed E-state index contributed by atoms with van der Waals surface area (Å²) in [6, 6.07) is 11.3. The highest BCUT2D eigenvalue weighted by Gasteiger charge is 2.14. The van der Waals surface area contributed by atoms with Crippen LogP contribution in [0.4, 0.5) is 0 Å². The van der Waals surface area contributed by atoms with Gasteiger partial charge in [0.1, 0.15) is 0 Å². The molecule has 2 rings (SSSR count). The summed E-state index contributed by atoms with van der Waals surface area (Å²) >= 11 is 4.28. The molecular weight excluding hydrogens is 256 g/mol. The molecule has 0 aliphatic rings. The number of benzene rings is 1. The van der Waals surface area contributed by atoms with Gasteiger partial charge in [0.2, 0.25) is 0 Å². The molecule has 0 aliphatic carbocycles. The first-order valence-corrected chi connectivity index (χ1v) is 6.47. The molecule has 1 amide bonds. The van der Waals surface area contributed by atoms with Gasteiger partial charge in [-0.15, -0.1) is 12.6 Å². The lowest BCUT2D eigenvalue weighted by Gasteiger charge is -2.18. The number of carbonyl (C=O) groups is 1. The molecule has 1 heterocycles. The van der Waals surface area contributed by atoms with Crippen LogP contribution in [0, 0.1) is 6.92 Å². The van der Waals surface area contributed by atoms with Crippen LogP contribution in [-0.2, 0) is 6.54 Å². The molecule has 0 N–H and O–H groups in total. The van der Waals surface area contributed by atoms with Gasteiger partial charge in [0.15, 0.2) is 0 Å². The molecular formula is C15H16N2OS. The van der Waals surface area contributed by atoms with Crippen molar-refractivity contribution in [2.75, 3.05) is 7.05 Å². The minimum Gasteiger partial charge on any atom is -0.336 e. The molecule has 4 heteroatoms. The van der Waals surface area contributed by atoms with Crippen LogP contribution in [0.25, 0.3) is 0 Å². The van der Waals surface area contributed by atoms with Gasteiger partial charge in [-0.1, -0.05) is 12.1 Å². The number of pyridine rings is 1. The normalized spacial score (nSPS) is 10.3. The van der Waals surface area contributed by atoms with E-state index in [4.69, 9.17) is 0 Å². The Labute approximate surface area is 118 Å². The number of nitrogens with zero attached hydrogens (tertiary/aromatic N) is 2. The van der Waals surface area contributed by atoms with Crippen molar-refractivity contribution in [1.82, 2.24) is 9.88 Å². The highest BCUT2D eigenvalue weighted by Crippen LogP contribution is 2.16. The molecule has 3 nitrogen and oxygen atoms in total. The standard InChI is InChI=1S/C15H16N2OS/c1-11-6-7-13(19)9-14(11)15(18)17(2)10-12-5-3-4-8-16-12/h3-9,19H,10H2,1-2H3. The Morgan fingerprint density at radius 1 is 1.32 bits per heavy atom. The number of carbonyl (C=O) groups excluding carboxylic acids is 1. The van der Waals surface area contributed by atoms with Crippen LogP contribution in [0.1, 0.15) is 21.6 Å². The van der Waals surface area contributed by atoms with Gasteiger partial charge in [-0.2, -0.15) is 0 Å². The van der Waals surface area contributed by atoms with Crippen molar-refractivity contribution in [3.05, 3.63) is 59.4 Å². The van der Waals surface area contributed by atoms with Gasteiger partial charge in [-0.3, -0.25) is 9.78 Å². The van der Waals surface area contributed by atoms with Crippen LogP contribution >= 0.6 is 12.6 Å². The Balaban J connectivity index is 2.17.